The Morgan fingerprint density at radius 1 is 1.41 bits per heavy atom. The zero-order valence-corrected chi connectivity index (χ0v) is 14.2. The molecule has 2 aromatic rings. The number of hydrogen-bond acceptors (Lipinski definition) is 5. The number of pyridine rings is 1. The first-order valence-corrected chi connectivity index (χ1v) is 8.32. The van der Waals surface area contributed by atoms with E-state index in [4.69, 9.17) is 0 Å². The van der Waals surface area contributed by atoms with Gasteiger partial charge in [-0.3, -0.25) is 9.20 Å². The molecule has 7 nitrogen and oxygen atoms in total. The summed E-state index contributed by atoms with van der Waals surface area (Å²) < 4.78 is 25.0. The third-order valence-corrected chi connectivity index (χ3v) is 4.05. The van der Waals surface area contributed by atoms with Crippen molar-refractivity contribution >= 4 is 33.7 Å². The van der Waals surface area contributed by atoms with Crippen LogP contribution in [0.2, 0.25) is 0 Å². The molecule has 0 aliphatic heterocycles. The summed E-state index contributed by atoms with van der Waals surface area (Å²) in [6.07, 6.45) is 2.66. The van der Waals surface area contributed by atoms with Crippen molar-refractivity contribution in [1.82, 2.24) is 19.6 Å². The van der Waals surface area contributed by atoms with Crippen LogP contribution in [0.15, 0.2) is 29.6 Å². The molecule has 22 heavy (non-hydrogen) atoms. The highest BCUT2D eigenvalue weighted by Crippen LogP contribution is 2.18. The highest BCUT2D eigenvalue weighted by molar-refractivity contribution is 7.90. The van der Waals surface area contributed by atoms with Gasteiger partial charge in [0, 0.05) is 32.6 Å². The molecule has 0 aromatic carbocycles. The summed E-state index contributed by atoms with van der Waals surface area (Å²) >= 11 is 0. The summed E-state index contributed by atoms with van der Waals surface area (Å²) in [5.74, 6) is -0.302. The molecule has 0 saturated heterocycles. The third-order valence-electron chi connectivity index (χ3n) is 3.09. The number of nitrogens with zero attached hydrogens (tertiary/aromatic N) is 3. The minimum absolute atomic E-state index is 0. The lowest BCUT2D eigenvalue weighted by Crippen LogP contribution is -2.33. The van der Waals surface area contributed by atoms with Crippen molar-refractivity contribution in [3.8, 4) is 0 Å². The molecule has 0 unspecified atom stereocenters. The van der Waals surface area contributed by atoms with Crippen LogP contribution in [0.3, 0.4) is 0 Å². The van der Waals surface area contributed by atoms with Crippen molar-refractivity contribution in [1.29, 1.82) is 0 Å². The number of fused-ring (bicyclic) bond motifs is 1. The molecule has 9 heteroatoms. The lowest BCUT2D eigenvalue weighted by atomic mass is 10.3. The largest absolute Gasteiger partial charge is 0.339 e. The van der Waals surface area contributed by atoms with Crippen LogP contribution in [-0.4, -0.2) is 62.1 Å². The first kappa shape index (κ1) is 18.4. The molecule has 0 atom stereocenters. The number of hydrogen-bond donors (Lipinski definition) is 1. The molecule has 2 heterocycles. The van der Waals surface area contributed by atoms with Crippen molar-refractivity contribution < 1.29 is 13.2 Å². The summed E-state index contributed by atoms with van der Waals surface area (Å²) in [4.78, 5) is 18.0. The topological polar surface area (TPSA) is 83.8 Å². The molecule has 122 valence electrons. The zero-order chi connectivity index (χ0) is 15.6. The monoisotopic (exact) mass is 346 g/mol. The van der Waals surface area contributed by atoms with E-state index in [0.717, 1.165) is 6.26 Å². The maximum absolute atomic E-state index is 12.4. The Morgan fingerprint density at radius 2 is 2.09 bits per heavy atom. The number of aromatic nitrogens is 2. The number of likely N-dealkylation sites (N-methyl/N-ethyl adjacent to an activating group) is 2. The van der Waals surface area contributed by atoms with E-state index in [0.29, 0.717) is 18.6 Å². The minimum Gasteiger partial charge on any atom is -0.339 e. The molecule has 2 rings (SSSR count). The van der Waals surface area contributed by atoms with Gasteiger partial charge in [0.2, 0.25) is 15.0 Å². The number of nitrogens with one attached hydrogen (secondary N) is 1. The van der Waals surface area contributed by atoms with Gasteiger partial charge in [-0.1, -0.05) is 6.07 Å². The number of imidazole rings is 1. The van der Waals surface area contributed by atoms with E-state index in [-0.39, 0.29) is 29.2 Å². The lowest BCUT2D eigenvalue weighted by molar-refractivity contribution is 0.0793. The predicted molar refractivity (Wildman–Crippen MR) is 86.4 cm³/mol. The molecule has 2 aromatic heterocycles. The third kappa shape index (κ3) is 3.57. The van der Waals surface area contributed by atoms with Gasteiger partial charge in [-0.15, -0.1) is 12.4 Å². The van der Waals surface area contributed by atoms with Gasteiger partial charge in [0.15, 0.2) is 5.69 Å². The lowest BCUT2D eigenvalue weighted by Gasteiger charge is -2.15. The SMILES string of the molecule is CNCCN(C)C(=O)c1nc(S(C)(=O)=O)n2ccccc12.Cl. The summed E-state index contributed by atoms with van der Waals surface area (Å²) in [5.41, 5.74) is 0.633. The summed E-state index contributed by atoms with van der Waals surface area (Å²) in [6, 6.07) is 5.12. The van der Waals surface area contributed by atoms with Crippen molar-refractivity contribution in [3.05, 3.63) is 30.1 Å². The molecule has 1 N–H and O–H groups in total. The van der Waals surface area contributed by atoms with Gasteiger partial charge < -0.3 is 10.2 Å². The van der Waals surface area contributed by atoms with Gasteiger partial charge in [-0.05, 0) is 19.2 Å². The van der Waals surface area contributed by atoms with E-state index in [1.807, 2.05) is 0 Å². The van der Waals surface area contributed by atoms with Crippen LogP contribution in [0.5, 0.6) is 0 Å². The van der Waals surface area contributed by atoms with Crippen LogP contribution in [0.1, 0.15) is 10.5 Å². The molecular weight excluding hydrogens is 328 g/mol. The van der Waals surface area contributed by atoms with Crippen LogP contribution in [0.25, 0.3) is 5.52 Å². The van der Waals surface area contributed by atoms with Crippen LogP contribution in [0, 0.1) is 0 Å². The van der Waals surface area contributed by atoms with Gasteiger partial charge in [0.25, 0.3) is 5.91 Å². The van der Waals surface area contributed by atoms with E-state index >= 15 is 0 Å². The van der Waals surface area contributed by atoms with E-state index in [1.54, 1.807) is 38.5 Å². The highest BCUT2D eigenvalue weighted by atomic mass is 35.5. The molecule has 0 bridgehead atoms. The van der Waals surface area contributed by atoms with Crippen LogP contribution < -0.4 is 5.32 Å². The molecule has 1 amide bonds. The van der Waals surface area contributed by atoms with Crippen LogP contribution >= 0.6 is 12.4 Å². The van der Waals surface area contributed by atoms with E-state index < -0.39 is 9.84 Å². The number of halogens is 1. The fourth-order valence-electron chi connectivity index (χ4n) is 1.99. The highest BCUT2D eigenvalue weighted by Gasteiger charge is 2.24. The van der Waals surface area contributed by atoms with Crippen molar-refractivity contribution in [2.45, 2.75) is 5.16 Å². The summed E-state index contributed by atoms with van der Waals surface area (Å²) in [5, 5.41) is 2.83. The predicted octanol–water partition coefficient (Wildman–Crippen LogP) is 0.451. The smallest absolute Gasteiger partial charge is 0.274 e. The zero-order valence-electron chi connectivity index (χ0n) is 12.6. The Morgan fingerprint density at radius 3 is 2.68 bits per heavy atom. The van der Waals surface area contributed by atoms with E-state index in [2.05, 4.69) is 10.3 Å². The second-order valence-electron chi connectivity index (χ2n) is 4.80. The molecule has 0 radical (unpaired) electrons. The second kappa shape index (κ2) is 7.08. The molecular formula is C13H19ClN4O3S. The maximum Gasteiger partial charge on any atom is 0.274 e. The number of rotatable bonds is 5. The van der Waals surface area contributed by atoms with Gasteiger partial charge in [0.1, 0.15) is 0 Å². The fraction of sp³-hybridized carbons (Fsp3) is 0.385. The Hall–Kier alpha value is -1.64. The molecule has 0 saturated carbocycles. The second-order valence-corrected chi connectivity index (χ2v) is 6.71. The minimum atomic E-state index is -3.52. The average Bonchev–Trinajstić information content (AvgIpc) is 2.83. The standard InChI is InChI=1S/C13H18N4O3S.ClH/c1-14-7-9-16(2)12(18)11-10-6-4-5-8-17(10)13(15-11)21(3,19)20;/h4-6,8,14H,7,9H2,1-3H3;1H. The first-order chi connectivity index (χ1) is 9.86. The Kier molecular flexibility index (Phi) is 5.92. The average molecular weight is 347 g/mol. The van der Waals surface area contributed by atoms with E-state index in [1.165, 1.54) is 9.30 Å². The molecule has 0 spiro atoms. The number of carbonyl (C=O) groups is 1. The van der Waals surface area contributed by atoms with Gasteiger partial charge >= 0.3 is 0 Å². The number of amides is 1. The molecule has 0 fully saturated rings. The van der Waals surface area contributed by atoms with Crippen molar-refractivity contribution in [2.24, 2.45) is 0 Å². The first-order valence-electron chi connectivity index (χ1n) is 6.43. The normalized spacial score (nSPS) is 11.2. The maximum atomic E-state index is 12.4. The number of sulfone groups is 1. The fourth-order valence-corrected chi connectivity index (χ4v) is 2.76. The molecule has 0 aliphatic rings. The molecule has 0 aliphatic carbocycles. The van der Waals surface area contributed by atoms with Gasteiger partial charge in [-0.25, -0.2) is 13.4 Å². The van der Waals surface area contributed by atoms with Crippen LogP contribution in [-0.2, 0) is 9.84 Å². The van der Waals surface area contributed by atoms with Gasteiger partial charge in [-0.2, -0.15) is 0 Å². The van der Waals surface area contributed by atoms with Crippen molar-refractivity contribution in [3.63, 3.8) is 0 Å². The Balaban J connectivity index is 0.00000242. The van der Waals surface area contributed by atoms with Crippen LogP contribution in [0.4, 0.5) is 0 Å². The summed E-state index contributed by atoms with van der Waals surface area (Å²) in [7, 11) is -0.0576. The van der Waals surface area contributed by atoms with Crippen molar-refractivity contribution in [2.75, 3.05) is 33.4 Å². The van der Waals surface area contributed by atoms with Gasteiger partial charge in [0.05, 0.1) is 5.52 Å². The number of carbonyl (C=O) groups excluding carboxylic acids is 1. The Bertz CT molecular complexity index is 773. The van der Waals surface area contributed by atoms with E-state index in [9.17, 15) is 13.2 Å². The Labute approximate surface area is 135 Å². The summed E-state index contributed by atoms with van der Waals surface area (Å²) in [6.45, 7) is 1.16. The quantitative estimate of drug-likeness (QED) is 0.850.